The molecule has 1 aliphatic heterocycles. The van der Waals surface area contributed by atoms with Gasteiger partial charge in [0, 0.05) is 36.6 Å². The van der Waals surface area contributed by atoms with Crippen LogP contribution >= 0.6 is 0 Å². The molecule has 0 amide bonds. The molecule has 17 heavy (non-hydrogen) atoms. The quantitative estimate of drug-likeness (QED) is 0.814. The van der Waals surface area contributed by atoms with Gasteiger partial charge < -0.3 is 15.4 Å². The predicted octanol–water partition coefficient (Wildman–Crippen LogP) is 3.05. The van der Waals surface area contributed by atoms with Crippen molar-refractivity contribution in [2.75, 3.05) is 30.3 Å². The molecule has 0 spiro atoms. The maximum absolute atomic E-state index is 5.93. The molecule has 0 unspecified atom stereocenters. The molecule has 1 aliphatic rings. The zero-order chi connectivity index (χ0) is 12.1. The van der Waals surface area contributed by atoms with Gasteiger partial charge in [-0.2, -0.15) is 0 Å². The zero-order valence-electron chi connectivity index (χ0n) is 10.6. The zero-order valence-corrected chi connectivity index (χ0v) is 10.6. The van der Waals surface area contributed by atoms with Crippen LogP contribution in [-0.4, -0.2) is 19.7 Å². The molecule has 0 saturated carbocycles. The van der Waals surface area contributed by atoms with Crippen LogP contribution in [0, 0.1) is 0 Å². The van der Waals surface area contributed by atoms with Gasteiger partial charge in [-0.3, -0.25) is 0 Å². The van der Waals surface area contributed by atoms with Gasteiger partial charge >= 0.3 is 0 Å². The van der Waals surface area contributed by atoms with E-state index < -0.39 is 0 Å². The molecule has 0 aliphatic carbocycles. The summed E-state index contributed by atoms with van der Waals surface area (Å²) < 4.78 is 5.66. The highest BCUT2D eigenvalue weighted by Crippen LogP contribution is 2.27. The Morgan fingerprint density at radius 3 is 2.65 bits per heavy atom. The van der Waals surface area contributed by atoms with Crippen molar-refractivity contribution < 1.29 is 4.74 Å². The van der Waals surface area contributed by atoms with Crippen molar-refractivity contribution in [1.82, 2.24) is 0 Å². The third-order valence-electron chi connectivity index (χ3n) is 3.11. The van der Waals surface area contributed by atoms with Crippen molar-refractivity contribution in [1.29, 1.82) is 0 Å². The predicted molar refractivity (Wildman–Crippen MR) is 72.7 cm³/mol. The van der Waals surface area contributed by atoms with Crippen LogP contribution in [-0.2, 0) is 0 Å². The lowest BCUT2D eigenvalue weighted by Crippen LogP contribution is -2.29. The SMILES string of the molecule is CCCOc1cc(N)cc(N2CCCCC2)c1. The number of nitrogen functional groups attached to an aromatic ring is 1. The van der Waals surface area contributed by atoms with E-state index in [1.807, 2.05) is 12.1 Å². The Labute approximate surface area is 104 Å². The average Bonchev–Trinajstić information content (AvgIpc) is 2.37. The smallest absolute Gasteiger partial charge is 0.123 e. The largest absolute Gasteiger partial charge is 0.493 e. The number of piperidine rings is 1. The summed E-state index contributed by atoms with van der Waals surface area (Å²) in [5.74, 6) is 0.896. The average molecular weight is 234 g/mol. The Hall–Kier alpha value is -1.38. The van der Waals surface area contributed by atoms with Gasteiger partial charge in [-0.25, -0.2) is 0 Å². The molecular weight excluding hydrogens is 212 g/mol. The van der Waals surface area contributed by atoms with Crippen LogP contribution in [0.25, 0.3) is 0 Å². The number of ether oxygens (including phenoxy) is 1. The van der Waals surface area contributed by atoms with Crippen LogP contribution in [0.4, 0.5) is 11.4 Å². The van der Waals surface area contributed by atoms with Gasteiger partial charge in [0.05, 0.1) is 6.61 Å². The molecule has 3 nitrogen and oxygen atoms in total. The fourth-order valence-corrected chi connectivity index (χ4v) is 2.24. The second kappa shape index (κ2) is 5.80. The van der Waals surface area contributed by atoms with Crippen molar-refractivity contribution in [2.24, 2.45) is 0 Å². The van der Waals surface area contributed by atoms with E-state index in [2.05, 4.69) is 17.9 Å². The molecule has 0 aromatic heterocycles. The first-order valence-corrected chi connectivity index (χ1v) is 6.58. The molecule has 2 rings (SSSR count). The molecule has 94 valence electrons. The topological polar surface area (TPSA) is 38.5 Å². The third kappa shape index (κ3) is 3.29. The molecule has 0 radical (unpaired) electrons. The Bertz CT molecular complexity index is 359. The molecule has 3 heteroatoms. The summed E-state index contributed by atoms with van der Waals surface area (Å²) in [6, 6.07) is 6.06. The van der Waals surface area contributed by atoms with Gasteiger partial charge in [0.15, 0.2) is 0 Å². The maximum Gasteiger partial charge on any atom is 0.123 e. The maximum atomic E-state index is 5.93. The number of hydrogen-bond acceptors (Lipinski definition) is 3. The summed E-state index contributed by atoms with van der Waals surface area (Å²) in [6.45, 7) is 5.13. The second-order valence-electron chi connectivity index (χ2n) is 4.66. The fraction of sp³-hybridized carbons (Fsp3) is 0.571. The first kappa shape index (κ1) is 12.1. The number of rotatable bonds is 4. The summed E-state index contributed by atoms with van der Waals surface area (Å²) in [7, 11) is 0. The lowest BCUT2D eigenvalue weighted by atomic mass is 10.1. The summed E-state index contributed by atoms with van der Waals surface area (Å²) in [5, 5.41) is 0. The molecule has 1 aromatic rings. The van der Waals surface area contributed by atoms with Crippen molar-refractivity contribution >= 4 is 11.4 Å². The van der Waals surface area contributed by atoms with E-state index in [4.69, 9.17) is 10.5 Å². The van der Waals surface area contributed by atoms with Gasteiger partial charge in [-0.05, 0) is 31.7 Å². The Kier molecular flexibility index (Phi) is 4.13. The van der Waals surface area contributed by atoms with Gasteiger partial charge in [-0.1, -0.05) is 6.92 Å². The first-order chi connectivity index (χ1) is 8.29. The van der Waals surface area contributed by atoms with Crippen molar-refractivity contribution in [2.45, 2.75) is 32.6 Å². The second-order valence-corrected chi connectivity index (χ2v) is 4.66. The number of nitrogens with zero attached hydrogens (tertiary/aromatic N) is 1. The summed E-state index contributed by atoms with van der Waals surface area (Å²) in [6.07, 6.45) is 4.92. The van der Waals surface area contributed by atoms with E-state index in [0.29, 0.717) is 0 Å². The molecule has 0 atom stereocenters. The van der Waals surface area contributed by atoms with E-state index in [-0.39, 0.29) is 0 Å². The Morgan fingerprint density at radius 1 is 1.18 bits per heavy atom. The van der Waals surface area contributed by atoms with Crippen LogP contribution in [0.5, 0.6) is 5.75 Å². The minimum atomic E-state index is 0.753. The molecule has 1 heterocycles. The van der Waals surface area contributed by atoms with Gasteiger partial charge in [-0.15, -0.1) is 0 Å². The minimum absolute atomic E-state index is 0.753. The van der Waals surface area contributed by atoms with E-state index in [9.17, 15) is 0 Å². The fourth-order valence-electron chi connectivity index (χ4n) is 2.24. The van der Waals surface area contributed by atoms with E-state index in [0.717, 1.165) is 37.6 Å². The number of anilines is 2. The van der Waals surface area contributed by atoms with Crippen LogP contribution in [0.3, 0.4) is 0 Å². The molecule has 1 saturated heterocycles. The van der Waals surface area contributed by atoms with Crippen molar-refractivity contribution in [3.05, 3.63) is 18.2 Å². The lowest BCUT2D eigenvalue weighted by Gasteiger charge is -2.29. The van der Waals surface area contributed by atoms with Gasteiger partial charge in [0.25, 0.3) is 0 Å². The van der Waals surface area contributed by atoms with E-state index in [1.54, 1.807) is 0 Å². The monoisotopic (exact) mass is 234 g/mol. The minimum Gasteiger partial charge on any atom is -0.493 e. The first-order valence-electron chi connectivity index (χ1n) is 6.58. The molecule has 2 N–H and O–H groups in total. The highest BCUT2D eigenvalue weighted by molar-refractivity contribution is 5.60. The highest BCUT2D eigenvalue weighted by Gasteiger charge is 2.12. The summed E-state index contributed by atoms with van der Waals surface area (Å²) in [5.41, 5.74) is 7.93. The molecule has 1 fully saturated rings. The number of hydrogen-bond donors (Lipinski definition) is 1. The summed E-state index contributed by atoms with van der Waals surface area (Å²) in [4.78, 5) is 2.40. The number of benzene rings is 1. The van der Waals surface area contributed by atoms with Crippen LogP contribution < -0.4 is 15.4 Å². The van der Waals surface area contributed by atoms with Crippen LogP contribution in [0.2, 0.25) is 0 Å². The van der Waals surface area contributed by atoms with E-state index in [1.165, 1.54) is 24.9 Å². The van der Waals surface area contributed by atoms with Gasteiger partial charge in [0.1, 0.15) is 5.75 Å². The number of nitrogens with two attached hydrogens (primary N) is 1. The Balaban J connectivity index is 2.12. The normalized spacial score (nSPS) is 15.9. The van der Waals surface area contributed by atoms with Crippen LogP contribution in [0.1, 0.15) is 32.6 Å². The summed E-state index contributed by atoms with van der Waals surface area (Å²) >= 11 is 0. The lowest BCUT2D eigenvalue weighted by molar-refractivity contribution is 0.317. The standard InChI is InChI=1S/C14H22N2O/c1-2-8-17-14-10-12(15)9-13(11-14)16-6-4-3-5-7-16/h9-11H,2-8,15H2,1H3. The van der Waals surface area contributed by atoms with Crippen molar-refractivity contribution in [3.63, 3.8) is 0 Å². The third-order valence-corrected chi connectivity index (χ3v) is 3.11. The van der Waals surface area contributed by atoms with Crippen LogP contribution in [0.15, 0.2) is 18.2 Å². The van der Waals surface area contributed by atoms with Crippen molar-refractivity contribution in [3.8, 4) is 5.75 Å². The molecule has 1 aromatic carbocycles. The molecule has 0 bridgehead atoms. The highest BCUT2D eigenvalue weighted by atomic mass is 16.5. The van der Waals surface area contributed by atoms with E-state index >= 15 is 0 Å². The van der Waals surface area contributed by atoms with Gasteiger partial charge in [0.2, 0.25) is 0 Å². The Morgan fingerprint density at radius 2 is 1.94 bits per heavy atom. The molecular formula is C14H22N2O.